The lowest BCUT2D eigenvalue weighted by atomic mass is 10.2. The summed E-state index contributed by atoms with van der Waals surface area (Å²) >= 11 is 0. The number of ether oxygens (including phenoxy) is 2. The predicted octanol–water partition coefficient (Wildman–Crippen LogP) is 3.76. The van der Waals surface area contributed by atoms with Crippen molar-refractivity contribution in [3.05, 3.63) is 54.6 Å². The maximum absolute atomic E-state index is 11.9. The zero-order valence-corrected chi connectivity index (χ0v) is 14.1. The Kier molecular flexibility index (Phi) is 6.05. The second kappa shape index (κ2) is 8.87. The number of anilines is 1. The van der Waals surface area contributed by atoms with Gasteiger partial charge in [-0.25, -0.2) is 4.79 Å². The third-order valence-corrected chi connectivity index (χ3v) is 3.73. The maximum atomic E-state index is 11.9. The van der Waals surface area contributed by atoms with Gasteiger partial charge in [0.25, 0.3) is 5.91 Å². The van der Waals surface area contributed by atoms with Crippen LogP contribution in [0.3, 0.4) is 0 Å². The van der Waals surface area contributed by atoms with Crippen molar-refractivity contribution in [3.63, 3.8) is 0 Å². The molecular weight excluding hydrogens is 334 g/mol. The van der Waals surface area contributed by atoms with Crippen LogP contribution in [0.5, 0.6) is 0 Å². The van der Waals surface area contributed by atoms with Crippen LogP contribution in [0.1, 0.15) is 12.8 Å². The normalized spacial score (nSPS) is 16.5. The van der Waals surface area contributed by atoms with E-state index >= 15 is 0 Å². The van der Waals surface area contributed by atoms with Crippen molar-refractivity contribution in [1.29, 1.82) is 0 Å². The van der Waals surface area contributed by atoms with Crippen LogP contribution in [0.15, 0.2) is 64.8 Å². The van der Waals surface area contributed by atoms with Crippen LogP contribution < -0.4 is 5.32 Å². The van der Waals surface area contributed by atoms with E-state index in [1.54, 1.807) is 24.3 Å². The van der Waals surface area contributed by atoms with Gasteiger partial charge >= 0.3 is 5.97 Å². The molecule has 0 saturated carbocycles. The van der Waals surface area contributed by atoms with Crippen molar-refractivity contribution >= 4 is 28.9 Å². The third kappa shape index (κ3) is 5.22. The molecular formula is C19H19N3O4. The van der Waals surface area contributed by atoms with Gasteiger partial charge < -0.3 is 14.8 Å². The van der Waals surface area contributed by atoms with Gasteiger partial charge in [-0.15, -0.1) is 0 Å². The number of esters is 1. The Morgan fingerprint density at radius 1 is 1.04 bits per heavy atom. The SMILES string of the molecule is O=C(COC(=O)[C@@H]1CCCO1)Nc1ccc(N=Nc2ccccc2)cc1. The van der Waals surface area contributed by atoms with Crippen LogP contribution in [0.25, 0.3) is 0 Å². The summed E-state index contributed by atoms with van der Waals surface area (Å²) in [5.74, 6) is -0.899. The van der Waals surface area contributed by atoms with E-state index in [2.05, 4.69) is 15.5 Å². The van der Waals surface area contributed by atoms with Crippen molar-refractivity contribution in [2.24, 2.45) is 10.2 Å². The molecule has 26 heavy (non-hydrogen) atoms. The van der Waals surface area contributed by atoms with Gasteiger partial charge in [0.15, 0.2) is 12.7 Å². The predicted molar refractivity (Wildman–Crippen MR) is 95.6 cm³/mol. The molecule has 1 heterocycles. The Morgan fingerprint density at radius 2 is 1.73 bits per heavy atom. The lowest BCUT2D eigenvalue weighted by Gasteiger charge is -2.10. The topological polar surface area (TPSA) is 89.4 Å². The molecule has 0 aliphatic carbocycles. The summed E-state index contributed by atoms with van der Waals surface area (Å²) in [7, 11) is 0. The first kappa shape index (κ1) is 17.8. The highest BCUT2D eigenvalue weighted by Crippen LogP contribution is 2.20. The molecule has 1 saturated heterocycles. The summed E-state index contributed by atoms with van der Waals surface area (Å²) in [4.78, 5) is 23.5. The first-order valence-electron chi connectivity index (χ1n) is 8.36. The highest BCUT2D eigenvalue weighted by Gasteiger charge is 2.25. The summed E-state index contributed by atoms with van der Waals surface area (Å²) in [6.45, 7) is 0.216. The molecule has 1 aliphatic rings. The molecule has 1 aliphatic heterocycles. The molecule has 0 bridgehead atoms. The van der Waals surface area contributed by atoms with E-state index in [-0.39, 0.29) is 6.61 Å². The fourth-order valence-corrected chi connectivity index (χ4v) is 2.41. The summed E-state index contributed by atoms with van der Waals surface area (Å²) in [5.41, 5.74) is 2.01. The first-order valence-corrected chi connectivity index (χ1v) is 8.36. The highest BCUT2D eigenvalue weighted by atomic mass is 16.6. The molecule has 7 nitrogen and oxygen atoms in total. The number of hydrogen-bond donors (Lipinski definition) is 1. The van der Waals surface area contributed by atoms with Crippen LogP contribution in [-0.4, -0.2) is 31.2 Å². The number of nitrogens with one attached hydrogen (secondary N) is 1. The van der Waals surface area contributed by atoms with Gasteiger partial charge in [-0.1, -0.05) is 18.2 Å². The number of nitrogens with zero attached hydrogens (tertiary/aromatic N) is 2. The average Bonchev–Trinajstić information content (AvgIpc) is 3.21. The largest absolute Gasteiger partial charge is 0.454 e. The van der Waals surface area contributed by atoms with E-state index in [1.807, 2.05) is 30.3 Å². The van der Waals surface area contributed by atoms with Crippen molar-refractivity contribution in [2.45, 2.75) is 18.9 Å². The number of azo groups is 1. The molecule has 2 aromatic carbocycles. The third-order valence-electron chi connectivity index (χ3n) is 3.73. The molecule has 1 atom stereocenters. The minimum Gasteiger partial charge on any atom is -0.454 e. The standard InChI is InChI=1S/C19H19N3O4/c23-18(13-26-19(24)17-7-4-12-25-17)20-14-8-10-16(11-9-14)22-21-15-5-2-1-3-6-15/h1-3,5-6,8-11,17H,4,7,12-13H2,(H,20,23)/t17-/m0/s1. The van der Waals surface area contributed by atoms with Crippen molar-refractivity contribution in [1.82, 2.24) is 0 Å². The van der Waals surface area contributed by atoms with Gasteiger partial charge in [0.1, 0.15) is 0 Å². The number of hydrogen-bond acceptors (Lipinski definition) is 6. The highest BCUT2D eigenvalue weighted by molar-refractivity contribution is 5.93. The molecule has 2 aromatic rings. The minimum absolute atomic E-state index is 0.339. The molecule has 134 valence electrons. The fraction of sp³-hybridized carbons (Fsp3) is 0.263. The number of carbonyl (C=O) groups excluding carboxylic acids is 2. The van der Waals surface area contributed by atoms with E-state index in [9.17, 15) is 9.59 Å². The van der Waals surface area contributed by atoms with Crippen LogP contribution in [0.4, 0.5) is 17.1 Å². The Hall–Kier alpha value is -3.06. The van der Waals surface area contributed by atoms with Gasteiger partial charge in [0.05, 0.1) is 11.4 Å². The Morgan fingerprint density at radius 3 is 2.38 bits per heavy atom. The number of amides is 1. The lowest BCUT2D eigenvalue weighted by molar-refractivity contribution is -0.156. The monoisotopic (exact) mass is 353 g/mol. The molecule has 0 radical (unpaired) electrons. The number of rotatable bonds is 6. The molecule has 7 heteroatoms. The zero-order chi connectivity index (χ0) is 18.2. The molecule has 0 aromatic heterocycles. The maximum Gasteiger partial charge on any atom is 0.335 e. The van der Waals surface area contributed by atoms with Crippen LogP contribution >= 0.6 is 0 Å². The van der Waals surface area contributed by atoms with Crippen molar-refractivity contribution < 1.29 is 19.1 Å². The van der Waals surface area contributed by atoms with E-state index < -0.39 is 18.0 Å². The summed E-state index contributed by atoms with van der Waals surface area (Å²) in [6.07, 6.45) is 0.927. The van der Waals surface area contributed by atoms with Crippen LogP contribution in [0, 0.1) is 0 Å². The molecule has 3 rings (SSSR count). The Labute approximate surface area is 151 Å². The Balaban J connectivity index is 1.46. The van der Waals surface area contributed by atoms with E-state index in [0.29, 0.717) is 24.4 Å². The molecule has 1 fully saturated rings. The molecule has 0 spiro atoms. The van der Waals surface area contributed by atoms with Crippen LogP contribution in [-0.2, 0) is 19.1 Å². The lowest BCUT2D eigenvalue weighted by Crippen LogP contribution is -2.27. The smallest absolute Gasteiger partial charge is 0.335 e. The second-order valence-electron chi connectivity index (χ2n) is 5.74. The van der Waals surface area contributed by atoms with Gasteiger partial charge in [-0.3, -0.25) is 4.79 Å². The van der Waals surface area contributed by atoms with Gasteiger partial charge in [0.2, 0.25) is 0 Å². The Bertz CT molecular complexity index is 769. The minimum atomic E-state index is -0.544. The summed E-state index contributed by atoms with van der Waals surface area (Å²) in [5, 5.41) is 10.9. The second-order valence-corrected chi connectivity index (χ2v) is 5.74. The summed E-state index contributed by atoms with van der Waals surface area (Å²) in [6, 6.07) is 16.3. The fourth-order valence-electron chi connectivity index (χ4n) is 2.41. The quantitative estimate of drug-likeness (QED) is 0.632. The van der Waals surface area contributed by atoms with Crippen molar-refractivity contribution in [3.8, 4) is 0 Å². The van der Waals surface area contributed by atoms with Crippen LogP contribution in [0.2, 0.25) is 0 Å². The molecule has 1 N–H and O–H groups in total. The average molecular weight is 353 g/mol. The zero-order valence-electron chi connectivity index (χ0n) is 14.1. The van der Waals surface area contributed by atoms with Gasteiger partial charge in [-0.2, -0.15) is 10.2 Å². The summed E-state index contributed by atoms with van der Waals surface area (Å²) < 4.78 is 10.2. The molecule has 1 amide bonds. The van der Waals surface area contributed by atoms with E-state index in [0.717, 1.165) is 12.1 Å². The molecule has 0 unspecified atom stereocenters. The number of carbonyl (C=O) groups is 2. The van der Waals surface area contributed by atoms with Gasteiger partial charge in [0, 0.05) is 12.3 Å². The number of benzene rings is 2. The first-order chi connectivity index (χ1) is 12.7. The van der Waals surface area contributed by atoms with Gasteiger partial charge in [-0.05, 0) is 49.2 Å². The van der Waals surface area contributed by atoms with E-state index in [4.69, 9.17) is 9.47 Å². The van der Waals surface area contributed by atoms with E-state index in [1.165, 1.54) is 0 Å². The van der Waals surface area contributed by atoms with Crippen molar-refractivity contribution in [2.75, 3.05) is 18.5 Å².